The van der Waals surface area contributed by atoms with Gasteiger partial charge in [-0.3, -0.25) is 9.59 Å². The number of nitrogens with one attached hydrogen (secondary N) is 2. The number of benzene rings is 2. The van der Waals surface area contributed by atoms with Crippen molar-refractivity contribution in [2.45, 2.75) is 26.3 Å². The van der Waals surface area contributed by atoms with Crippen molar-refractivity contribution in [3.05, 3.63) is 64.7 Å². The summed E-state index contributed by atoms with van der Waals surface area (Å²) in [5.41, 5.74) is -0.0638. The van der Waals surface area contributed by atoms with Crippen molar-refractivity contribution in [1.29, 1.82) is 0 Å². The van der Waals surface area contributed by atoms with Crippen LogP contribution in [0.2, 0.25) is 5.02 Å². The van der Waals surface area contributed by atoms with Gasteiger partial charge in [0.15, 0.2) is 6.61 Å². The second kappa shape index (κ2) is 10.7. The van der Waals surface area contributed by atoms with Crippen LogP contribution >= 0.6 is 11.6 Å². The topological polar surface area (TPSA) is 84.5 Å². The molecule has 160 valence electrons. The number of hydrogen-bond donors (Lipinski definition) is 2. The Kier molecular flexibility index (Phi) is 8.29. The molecule has 2 rings (SSSR count). The number of hydrogen-bond acceptors (Lipinski definition) is 4. The number of esters is 1. The van der Waals surface area contributed by atoms with E-state index < -0.39 is 42.1 Å². The summed E-state index contributed by atoms with van der Waals surface area (Å²) in [6, 6.07) is 7.69. The lowest BCUT2D eigenvalue weighted by Crippen LogP contribution is -2.43. The number of halogens is 3. The number of anilines is 1. The normalized spacial score (nSPS) is 11.7. The van der Waals surface area contributed by atoms with Gasteiger partial charge in [-0.2, -0.15) is 0 Å². The van der Waals surface area contributed by atoms with Crippen molar-refractivity contribution in [2.75, 3.05) is 11.9 Å². The van der Waals surface area contributed by atoms with Crippen molar-refractivity contribution in [3.63, 3.8) is 0 Å². The van der Waals surface area contributed by atoms with Gasteiger partial charge in [0.2, 0.25) is 0 Å². The Labute approximate surface area is 177 Å². The summed E-state index contributed by atoms with van der Waals surface area (Å²) >= 11 is 5.80. The molecule has 2 aromatic carbocycles. The largest absolute Gasteiger partial charge is 0.454 e. The molecule has 0 aliphatic heterocycles. The molecule has 0 aliphatic rings. The van der Waals surface area contributed by atoms with Crippen LogP contribution in [-0.2, 0) is 14.3 Å². The van der Waals surface area contributed by atoms with Crippen molar-refractivity contribution in [2.24, 2.45) is 5.92 Å². The van der Waals surface area contributed by atoms with Gasteiger partial charge < -0.3 is 15.4 Å². The maximum Gasteiger partial charge on any atom is 0.329 e. The smallest absolute Gasteiger partial charge is 0.329 e. The first-order valence-electron chi connectivity index (χ1n) is 9.13. The highest BCUT2D eigenvalue weighted by atomic mass is 35.5. The van der Waals surface area contributed by atoms with Gasteiger partial charge in [0.1, 0.15) is 17.7 Å². The Morgan fingerprint density at radius 2 is 1.73 bits per heavy atom. The van der Waals surface area contributed by atoms with Crippen molar-refractivity contribution < 1.29 is 27.9 Å². The predicted octanol–water partition coefficient (Wildman–Crippen LogP) is 3.94. The predicted molar refractivity (Wildman–Crippen MR) is 108 cm³/mol. The standard InChI is InChI=1S/C21H21ClF2N2O4/c1-12(2)9-18(26-20(28)13-3-5-14(22)6-4-13)21(29)30-11-19(27)25-17-10-15(23)7-8-16(17)24/h3-8,10,12,18H,9,11H2,1-2H3,(H,25,27)(H,26,28). The van der Waals surface area contributed by atoms with Gasteiger partial charge in [-0.25, -0.2) is 13.6 Å². The average molecular weight is 439 g/mol. The highest BCUT2D eigenvalue weighted by molar-refractivity contribution is 6.30. The van der Waals surface area contributed by atoms with Crippen LogP contribution < -0.4 is 10.6 Å². The molecule has 2 aromatic rings. The van der Waals surface area contributed by atoms with Crippen LogP contribution in [0, 0.1) is 17.6 Å². The first-order chi connectivity index (χ1) is 14.2. The molecule has 0 saturated carbocycles. The molecular weight excluding hydrogens is 418 g/mol. The van der Waals surface area contributed by atoms with Crippen LogP contribution in [0.3, 0.4) is 0 Å². The quantitative estimate of drug-likeness (QED) is 0.611. The van der Waals surface area contributed by atoms with Crippen LogP contribution in [0.5, 0.6) is 0 Å². The molecule has 0 spiro atoms. The zero-order valence-corrected chi connectivity index (χ0v) is 17.1. The summed E-state index contributed by atoms with van der Waals surface area (Å²) in [7, 11) is 0. The molecule has 6 nitrogen and oxygen atoms in total. The van der Waals surface area contributed by atoms with Gasteiger partial charge >= 0.3 is 5.97 Å². The molecule has 0 aromatic heterocycles. The first kappa shape index (κ1) is 23.3. The minimum absolute atomic E-state index is 0.0447. The minimum atomic E-state index is -0.994. The first-order valence-corrected chi connectivity index (χ1v) is 9.51. The van der Waals surface area contributed by atoms with E-state index in [-0.39, 0.29) is 18.0 Å². The van der Waals surface area contributed by atoms with Gasteiger partial charge in [0.25, 0.3) is 11.8 Å². The third kappa shape index (κ3) is 7.11. The second-order valence-electron chi connectivity index (χ2n) is 6.94. The van der Waals surface area contributed by atoms with Crippen LogP contribution in [0.4, 0.5) is 14.5 Å². The lowest BCUT2D eigenvalue weighted by atomic mass is 10.0. The van der Waals surface area contributed by atoms with E-state index in [1.54, 1.807) is 12.1 Å². The van der Waals surface area contributed by atoms with Gasteiger partial charge in [-0.05, 0) is 48.7 Å². The molecule has 2 N–H and O–H groups in total. The summed E-state index contributed by atoms with van der Waals surface area (Å²) in [6.45, 7) is 2.99. The lowest BCUT2D eigenvalue weighted by molar-refractivity contribution is -0.149. The van der Waals surface area contributed by atoms with E-state index >= 15 is 0 Å². The summed E-state index contributed by atoms with van der Waals surface area (Å²) in [5, 5.41) is 5.17. The number of amides is 2. The fourth-order valence-corrected chi connectivity index (χ4v) is 2.67. The van der Waals surface area contributed by atoms with Crippen molar-refractivity contribution >= 4 is 35.1 Å². The maximum absolute atomic E-state index is 13.6. The summed E-state index contributed by atoms with van der Waals surface area (Å²) in [6.07, 6.45) is 0.276. The average Bonchev–Trinajstić information content (AvgIpc) is 2.68. The third-order valence-corrected chi connectivity index (χ3v) is 4.20. The molecule has 0 bridgehead atoms. The molecule has 1 unspecified atom stereocenters. The van der Waals surface area contributed by atoms with E-state index in [0.717, 1.165) is 18.2 Å². The van der Waals surface area contributed by atoms with E-state index in [4.69, 9.17) is 16.3 Å². The van der Waals surface area contributed by atoms with E-state index in [1.165, 1.54) is 12.1 Å². The summed E-state index contributed by atoms with van der Waals surface area (Å²) in [4.78, 5) is 36.7. The highest BCUT2D eigenvalue weighted by Crippen LogP contribution is 2.15. The van der Waals surface area contributed by atoms with Crippen molar-refractivity contribution in [1.82, 2.24) is 5.32 Å². The van der Waals surface area contributed by atoms with Crippen LogP contribution in [0.1, 0.15) is 30.6 Å². The third-order valence-electron chi connectivity index (χ3n) is 3.95. The Morgan fingerprint density at radius 3 is 2.37 bits per heavy atom. The molecule has 0 saturated heterocycles. The van der Waals surface area contributed by atoms with Gasteiger partial charge in [0, 0.05) is 16.7 Å². The number of carbonyl (C=O) groups excluding carboxylic acids is 3. The molecule has 30 heavy (non-hydrogen) atoms. The van der Waals surface area contributed by atoms with Gasteiger partial charge in [-0.15, -0.1) is 0 Å². The summed E-state index contributed by atoms with van der Waals surface area (Å²) in [5.74, 6) is -3.68. The fraction of sp³-hybridized carbons (Fsp3) is 0.286. The van der Waals surface area contributed by atoms with Crippen LogP contribution in [0.15, 0.2) is 42.5 Å². The van der Waals surface area contributed by atoms with Gasteiger partial charge in [-0.1, -0.05) is 25.4 Å². The van der Waals surface area contributed by atoms with Crippen molar-refractivity contribution in [3.8, 4) is 0 Å². The zero-order valence-electron chi connectivity index (χ0n) is 16.4. The number of ether oxygens (including phenoxy) is 1. The molecule has 0 fully saturated rings. The summed E-state index contributed by atoms with van der Waals surface area (Å²) < 4.78 is 31.7. The highest BCUT2D eigenvalue weighted by Gasteiger charge is 2.25. The van der Waals surface area contributed by atoms with E-state index in [1.807, 2.05) is 13.8 Å². The Hall–Kier alpha value is -3.00. The van der Waals surface area contributed by atoms with Gasteiger partial charge in [0.05, 0.1) is 5.69 Å². The van der Waals surface area contributed by atoms with E-state index in [2.05, 4.69) is 10.6 Å². The number of rotatable bonds is 8. The molecular formula is C21H21ClF2N2O4. The lowest BCUT2D eigenvalue weighted by Gasteiger charge is -2.19. The monoisotopic (exact) mass is 438 g/mol. The maximum atomic E-state index is 13.6. The molecule has 1 atom stereocenters. The second-order valence-corrected chi connectivity index (χ2v) is 7.38. The molecule has 2 amide bonds. The molecule has 0 heterocycles. The SMILES string of the molecule is CC(C)CC(NC(=O)c1ccc(Cl)cc1)C(=O)OCC(=O)Nc1cc(F)ccc1F. The van der Waals surface area contributed by atoms with E-state index in [0.29, 0.717) is 10.6 Å². The number of carbonyl (C=O) groups is 3. The van der Waals surface area contributed by atoms with E-state index in [9.17, 15) is 23.2 Å². The fourth-order valence-electron chi connectivity index (χ4n) is 2.55. The molecule has 9 heteroatoms. The van der Waals surface area contributed by atoms with Crippen LogP contribution in [-0.4, -0.2) is 30.4 Å². The molecule has 0 radical (unpaired) electrons. The zero-order chi connectivity index (χ0) is 22.3. The minimum Gasteiger partial charge on any atom is -0.454 e. The molecule has 0 aliphatic carbocycles. The Balaban J connectivity index is 1.97. The Morgan fingerprint density at radius 1 is 1.07 bits per heavy atom. The Bertz CT molecular complexity index is 920. The van der Waals surface area contributed by atoms with Crippen LogP contribution in [0.25, 0.3) is 0 Å².